The molecule has 1 heterocycles. The average molecular weight is 432 g/mol. The lowest BCUT2D eigenvalue weighted by atomic mass is 10.2. The molecule has 9 heteroatoms. The number of sulfonamides is 1. The Balaban J connectivity index is 1.78. The van der Waals surface area contributed by atoms with E-state index in [0.717, 1.165) is 15.0 Å². The summed E-state index contributed by atoms with van der Waals surface area (Å²) in [6, 6.07) is 13.0. The molecule has 1 N–H and O–H groups in total. The molecule has 0 spiro atoms. The Hall–Kier alpha value is -2.75. The first-order valence-electron chi connectivity index (χ1n) is 8.74. The number of rotatable bonds is 7. The number of para-hydroxylation sites is 1. The van der Waals surface area contributed by atoms with Crippen molar-refractivity contribution in [2.45, 2.75) is 18.4 Å². The Bertz CT molecular complexity index is 1120. The summed E-state index contributed by atoms with van der Waals surface area (Å²) >= 11 is 1.53. The van der Waals surface area contributed by atoms with Crippen molar-refractivity contribution < 1.29 is 17.9 Å². The van der Waals surface area contributed by atoms with Crippen LogP contribution in [0.4, 0.5) is 5.69 Å². The lowest BCUT2D eigenvalue weighted by molar-refractivity contribution is 0.102. The number of thiazole rings is 1. The Morgan fingerprint density at radius 2 is 1.93 bits per heavy atom. The van der Waals surface area contributed by atoms with Crippen LogP contribution in [0.15, 0.2) is 58.8 Å². The smallest absolute Gasteiger partial charge is 0.259 e. The Labute approximate surface area is 174 Å². The summed E-state index contributed by atoms with van der Waals surface area (Å²) in [5.41, 5.74) is 1.52. The second-order valence-corrected chi connectivity index (χ2v) is 9.63. The molecule has 0 radical (unpaired) electrons. The zero-order valence-electron chi connectivity index (χ0n) is 16.2. The minimum absolute atomic E-state index is 0.101. The van der Waals surface area contributed by atoms with Crippen LogP contribution in [0.1, 0.15) is 21.1 Å². The topological polar surface area (TPSA) is 88.6 Å². The number of nitrogens with zero attached hydrogens (tertiary/aromatic N) is 2. The first kappa shape index (κ1) is 21.0. The molecule has 2 aromatic carbocycles. The SMILES string of the molecule is Cc1nc(COc2ccccc2C(=O)Nc2cccc(S(=O)(=O)N(C)C)c2)cs1. The Morgan fingerprint density at radius 3 is 2.62 bits per heavy atom. The van der Waals surface area contributed by atoms with Crippen molar-refractivity contribution in [2.75, 3.05) is 19.4 Å². The van der Waals surface area contributed by atoms with Crippen LogP contribution in [0.5, 0.6) is 5.75 Å². The first-order chi connectivity index (χ1) is 13.8. The molecule has 3 aromatic rings. The van der Waals surface area contributed by atoms with Gasteiger partial charge in [0, 0.05) is 25.2 Å². The maximum absolute atomic E-state index is 12.8. The predicted octanol–water partition coefficient (Wildman–Crippen LogP) is 3.53. The van der Waals surface area contributed by atoms with Gasteiger partial charge in [0.05, 0.1) is 21.2 Å². The lowest BCUT2D eigenvalue weighted by Crippen LogP contribution is -2.22. The molecular weight excluding hydrogens is 410 g/mol. The normalized spacial score (nSPS) is 11.4. The number of hydrogen-bond donors (Lipinski definition) is 1. The van der Waals surface area contributed by atoms with Gasteiger partial charge >= 0.3 is 0 Å². The van der Waals surface area contributed by atoms with Crippen LogP contribution in [0.3, 0.4) is 0 Å². The molecule has 0 bridgehead atoms. The Morgan fingerprint density at radius 1 is 1.17 bits per heavy atom. The number of hydrogen-bond acceptors (Lipinski definition) is 6. The van der Waals surface area contributed by atoms with Gasteiger partial charge in [0.1, 0.15) is 12.4 Å². The van der Waals surface area contributed by atoms with Crippen molar-refractivity contribution in [2.24, 2.45) is 0 Å². The summed E-state index contributed by atoms with van der Waals surface area (Å²) in [6.07, 6.45) is 0. The monoisotopic (exact) mass is 431 g/mol. The number of ether oxygens (including phenoxy) is 1. The molecule has 0 fully saturated rings. The maximum atomic E-state index is 12.8. The first-order valence-corrected chi connectivity index (χ1v) is 11.1. The summed E-state index contributed by atoms with van der Waals surface area (Å²) in [5, 5.41) is 5.59. The van der Waals surface area contributed by atoms with E-state index in [2.05, 4.69) is 10.3 Å². The van der Waals surface area contributed by atoms with Gasteiger partial charge in [-0.15, -0.1) is 11.3 Å². The molecule has 0 unspecified atom stereocenters. The highest BCUT2D eigenvalue weighted by molar-refractivity contribution is 7.89. The van der Waals surface area contributed by atoms with Crippen LogP contribution < -0.4 is 10.1 Å². The molecule has 0 aliphatic rings. The molecule has 7 nitrogen and oxygen atoms in total. The van der Waals surface area contributed by atoms with E-state index >= 15 is 0 Å². The number of nitrogens with one attached hydrogen (secondary N) is 1. The van der Waals surface area contributed by atoms with Gasteiger partial charge in [-0.1, -0.05) is 18.2 Å². The van der Waals surface area contributed by atoms with E-state index in [1.807, 2.05) is 12.3 Å². The molecule has 0 saturated heterocycles. The Kier molecular flexibility index (Phi) is 6.31. The van der Waals surface area contributed by atoms with Gasteiger partial charge in [0.2, 0.25) is 10.0 Å². The highest BCUT2D eigenvalue weighted by atomic mass is 32.2. The van der Waals surface area contributed by atoms with Crippen molar-refractivity contribution in [3.63, 3.8) is 0 Å². The standard InChI is InChI=1S/C20H21N3O4S2/c1-14-21-16(13-28-14)12-27-19-10-5-4-9-18(19)20(24)22-15-7-6-8-17(11-15)29(25,26)23(2)3/h4-11,13H,12H2,1-3H3,(H,22,24). The van der Waals surface area contributed by atoms with Gasteiger partial charge in [-0.2, -0.15) is 0 Å². The minimum Gasteiger partial charge on any atom is -0.486 e. The highest BCUT2D eigenvalue weighted by Crippen LogP contribution is 2.23. The van der Waals surface area contributed by atoms with Crippen molar-refractivity contribution >= 4 is 33.0 Å². The summed E-state index contributed by atoms with van der Waals surface area (Å²) in [6.45, 7) is 2.17. The van der Waals surface area contributed by atoms with Gasteiger partial charge < -0.3 is 10.1 Å². The van der Waals surface area contributed by atoms with Gasteiger partial charge in [-0.3, -0.25) is 4.79 Å². The number of carbonyl (C=O) groups excluding carboxylic acids is 1. The van der Waals surface area contributed by atoms with Crippen LogP contribution in [0, 0.1) is 6.92 Å². The fourth-order valence-corrected chi connectivity index (χ4v) is 4.10. The third kappa shape index (κ3) is 5.00. The van der Waals surface area contributed by atoms with Gasteiger partial charge in [-0.25, -0.2) is 17.7 Å². The summed E-state index contributed by atoms with van der Waals surface area (Å²) in [4.78, 5) is 17.2. The summed E-state index contributed by atoms with van der Waals surface area (Å²) < 4.78 is 31.5. The van der Waals surface area contributed by atoms with E-state index in [9.17, 15) is 13.2 Å². The van der Waals surface area contributed by atoms with E-state index in [4.69, 9.17) is 4.74 Å². The van der Waals surface area contributed by atoms with Crippen LogP contribution >= 0.6 is 11.3 Å². The fraction of sp³-hybridized carbons (Fsp3) is 0.200. The third-order valence-corrected chi connectivity index (χ3v) is 6.68. The van der Waals surface area contributed by atoms with E-state index < -0.39 is 15.9 Å². The van der Waals surface area contributed by atoms with Gasteiger partial charge in [0.15, 0.2) is 0 Å². The molecule has 1 aromatic heterocycles. The number of aryl methyl sites for hydroxylation is 1. The molecule has 0 saturated carbocycles. The third-order valence-electron chi connectivity index (χ3n) is 4.04. The maximum Gasteiger partial charge on any atom is 0.259 e. The number of carbonyl (C=O) groups is 1. The average Bonchev–Trinajstić information content (AvgIpc) is 3.12. The molecule has 1 amide bonds. The number of amides is 1. The number of anilines is 1. The van der Waals surface area contributed by atoms with Crippen molar-refractivity contribution in [3.05, 3.63) is 70.2 Å². The quantitative estimate of drug-likeness (QED) is 0.618. The van der Waals surface area contributed by atoms with Crippen LogP contribution in [-0.2, 0) is 16.6 Å². The van der Waals surface area contributed by atoms with Crippen LogP contribution in [0.2, 0.25) is 0 Å². The fourth-order valence-electron chi connectivity index (χ4n) is 2.55. The van der Waals surface area contributed by atoms with Gasteiger partial charge in [-0.05, 0) is 37.3 Å². The molecule has 3 rings (SSSR count). The van der Waals surface area contributed by atoms with E-state index in [0.29, 0.717) is 17.0 Å². The largest absolute Gasteiger partial charge is 0.486 e. The summed E-state index contributed by atoms with van der Waals surface area (Å²) in [5.74, 6) is 0.0298. The zero-order chi connectivity index (χ0) is 21.0. The van der Waals surface area contributed by atoms with Crippen molar-refractivity contribution in [1.29, 1.82) is 0 Å². The molecule has 0 atom stereocenters. The molecule has 152 valence electrons. The van der Waals surface area contributed by atoms with Crippen molar-refractivity contribution in [1.82, 2.24) is 9.29 Å². The molecule has 29 heavy (non-hydrogen) atoms. The van der Waals surface area contributed by atoms with Crippen LogP contribution in [0.25, 0.3) is 0 Å². The number of aromatic nitrogens is 1. The molecular formula is C20H21N3O4S2. The molecule has 0 aliphatic heterocycles. The van der Waals surface area contributed by atoms with E-state index in [1.165, 1.54) is 37.6 Å². The van der Waals surface area contributed by atoms with E-state index in [1.54, 1.807) is 36.4 Å². The minimum atomic E-state index is -3.59. The van der Waals surface area contributed by atoms with Gasteiger partial charge in [0.25, 0.3) is 5.91 Å². The molecule has 0 aliphatic carbocycles. The highest BCUT2D eigenvalue weighted by Gasteiger charge is 2.18. The second-order valence-electron chi connectivity index (χ2n) is 6.41. The van der Waals surface area contributed by atoms with Crippen LogP contribution in [-0.4, -0.2) is 37.7 Å². The summed E-state index contributed by atoms with van der Waals surface area (Å²) in [7, 11) is -0.681. The second kappa shape index (κ2) is 8.73. The predicted molar refractivity (Wildman–Crippen MR) is 113 cm³/mol. The number of benzene rings is 2. The lowest BCUT2D eigenvalue weighted by Gasteiger charge is -2.14. The zero-order valence-corrected chi connectivity index (χ0v) is 17.9. The van der Waals surface area contributed by atoms with Crippen molar-refractivity contribution in [3.8, 4) is 5.75 Å². The van der Waals surface area contributed by atoms with E-state index in [-0.39, 0.29) is 11.5 Å².